The van der Waals surface area contributed by atoms with Crippen LogP contribution in [0.25, 0.3) is 0 Å². The Kier molecular flexibility index (Phi) is 11.7. The van der Waals surface area contributed by atoms with Gasteiger partial charge in [-0.1, -0.05) is 44.0 Å². The maximum absolute atomic E-state index is 5.69. The number of rotatable bonds is 16. The molecule has 1 N–H and O–H groups in total. The van der Waals surface area contributed by atoms with Gasteiger partial charge in [-0.05, 0) is 94.4 Å². The molecule has 5 heteroatoms. The predicted molar refractivity (Wildman–Crippen MR) is 145 cm³/mol. The van der Waals surface area contributed by atoms with Crippen molar-refractivity contribution in [3.63, 3.8) is 0 Å². The zero-order valence-corrected chi connectivity index (χ0v) is 22.4. The number of para-hydroxylation sites is 1. The largest absolute Gasteiger partial charge is 0.496 e. The maximum Gasteiger partial charge on any atom is 0.164 e. The van der Waals surface area contributed by atoms with Crippen molar-refractivity contribution < 1.29 is 14.2 Å². The first-order valence-electron chi connectivity index (χ1n) is 13.5. The minimum absolute atomic E-state index is 0.636. The van der Waals surface area contributed by atoms with Crippen molar-refractivity contribution in [1.82, 2.24) is 10.2 Å². The third-order valence-corrected chi connectivity index (χ3v) is 7.27. The number of hydrogen-bond donors (Lipinski definition) is 1. The molecule has 0 aliphatic heterocycles. The van der Waals surface area contributed by atoms with Gasteiger partial charge in [0.2, 0.25) is 0 Å². The molecule has 0 saturated heterocycles. The van der Waals surface area contributed by atoms with Crippen LogP contribution < -0.4 is 19.5 Å². The molecule has 5 nitrogen and oxygen atoms in total. The molecule has 2 aromatic rings. The minimum Gasteiger partial charge on any atom is -0.496 e. The standard InChI is InChI=1S/C30H46N2O3/c1-5-21-32(26-15-16-27-25(23-26)14-17-29(34-3)30(27)35-4)22-11-7-6-10-19-31-20-18-24-12-8-9-13-28(24)33-2/h8-9,12-14,17,26,31H,5-7,10-11,15-16,18-23H2,1-4H3/t26-/m0/s1. The Balaban J connectivity index is 1.35. The minimum atomic E-state index is 0.636. The molecule has 0 aromatic heterocycles. The lowest BCUT2D eigenvalue weighted by atomic mass is 9.86. The summed E-state index contributed by atoms with van der Waals surface area (Å²) in [6, 6.07) is 13.2. The molecular formula is C30H46N2O3. The quantitative estimate of drug-likeness (QED) is 0.312. The molecule has 0 fully saturated rings. The van der Waals surface area contributed by atoms with Gasteiger partial charge in [0.15, 0.2) is 11.5 Å². The Morgan fingerprint density at radius 1 is 0.857 bits per heavy atom. The topological polar surface area (TPSA) is 43.0 Å². The summed E-state index contributed by atoms with van der Waals surface area (Å²) in [4.78, 5) is 2.74. The second-order valence-corrected chi connectivity index (χ2v) is 9.60. The normalized spacial score (nSPS) is 15.2. The summed E-state index contributed by atoms with van der Waals surface area (Å²) in [7, 11) is 5.22. The van der Waals surface area contributed by atoms with Crippen molar-refractivity contribution in [2.75, 3.05) is 47.5 Å². The van der Waals surface area contributed by atoms with E-state index in [2.05, 4.69) is 41.4 Å². The second-order valence-electron chi connectivity index (χ2n) is 9.60. The maximum atomic E-state index is 5.69. The number of hydrogen-bond acceptors (Lipinski definition) is 5. The lowest BCUT2D eigenvalue weighted by Crippen LogP contribution is -2.40. The average molecular weight is 483 g/mol. The second kappa shape index (κ2) is 15.0. The number of fused-ring (bicyclic) bond motifs is 1. The number of unbranched alkanes of at least 4 members (excludes halogenated alkanes) is 3. The van der Waals surface area contributed by atoms with Crippen LogP contribution in [0, 0.1) is 0 Å². The Labute approximate surface area is 213 Å². The molecule has 0 radical (unpaired) electrons. The van der Waals surface area contributed by atoms with Gasteiger partial charge in [-0.2, -0.15) is 0 Å². The molecular weight excluding hydrogens is 436 g/mol. The SMILES string of the molecule is CCCN(CCCCCCNCCc1ccccc1OC)[C@H]1CCc2c(ccc(OC)c2OC)C1. The highest BCUT2D eigenvalue weighted by Crippen LogP contribution is 2.38. The Morgan fingerprint density at radius 3 is 2.43 bits per heavy atom. The van der Waals surface area contributed by atoms with Gasteiger partial charge in [0.05, 0.1) is 21.3 Å². The van der Waals surface area contributed by atoms with Crippen LogP contribution in [-0.2, 0) is 19.3 Å². The fraction of sp³-hybridized carbons (Fsp3) is 0.600. The van der Waals surface area contributed by atoms with E-state index in [-0.39, 0.29) is 0 Å². The van der Waals surface area contributed by atoms with Crippen LogP contribution in [0.4, 0.5) is 0 Å². The highest BCUT2D eigenvalue weighted by atomic mass is 16.5. The highest BCUT2D eigenvalue weighted by Gasteiger charge is 2.27. The van der Waals surface area contributed by atoms with Crippen LogP contribution in [0.3, 0.4) is 0 Å². The van der Waals surface area contributed by atoms with E-state index in [1.807, 2.05) is 12.1 Å². The van der Waals surface area contributed by atoms with E-state index in [0.717, 1.165) is 49.6 Å². The van der Waals surface area contributed by atoms with Gasteiger partial charge < -0.3 is 24.4 Å². The van der Waals surface area contributed by atoms with Crippen LogP contribution in [-0.4, -0.2) is 58.5 Å². The lowest BCUT2D eigenvalue weighted by Gasteiger charge is -2.36. The van der Waals surface area contributed by atoms with E-state index in [1.54, 1.807) is 21.3 Å². The number of benzene rings is 2. The van der Waals surface area contributed by atoms with Crippen molar-refractivity contribution in [1.29, 1.82) is 0 Å². The lowest BCUT2D eigenvalue weighted by molar-refractivity contribution is 0.175. The summed E-state index contributed by atoms with van der Waals surface area (Å²) in [6.07, 6.45) is 10.8. The Bertz CT molecular complexity index is 886. The molecule has 1 aliphatic carbocycles. The first kappa shape index (κ1) is 27.3. The van der Waals surface area contributed by atoms with Gasteiger partial charge >= 0.3 is 0 Å². The Hall–Kier alpha value is -2.24. The molecule has 194 valence electrons. The molecule has 0 unspecified atom stereocenters. The summed E-state index contributed by atoms with van der Waals surface area (Å²) in [6.45, 7) is 6.80. The fourth-order valence-electron chi connectivity index (χ4n) is 5.42. The predicted octanol–water partition coefficient (Wildman–Crippen LogP) is 5.67. The average Bonchev–Trinajstić information content (AvgIpc) is 2.90. The van der Waals surface area contributed by atoms with Gasteiger partial charge in [0.25, 0.3) is 0 Å². The number of nitrogens with zero attached hydrogens (tertiary/aromatic N) is 1. The van der Waals surface area contributed by atoms with Crippen molar-refractivity contribution >= 4 is 0 Å². The molecule has 0 saturated carbocycles. The molecule has 0 bridgehead atoms. The molecule has 2 aromatic carbocycles. The van der Waals surface area contributed by atoms with Crippen LogP contribution >= 0.6 is 0 Å². The first-order valence-corrected chi connectivity index (χ1v) is 13.5. The molecule has 35 heavy (non-hydrogen) atoms. The van der Waals surface area contributed by atoms with E-state index < -0.39 is 0 Å². The van der Waals surface area contributed by atoms with E-state index >= 15 is 0 Å². The monoisotopic (exact) mass is 482 g/mol. The van der Waals surface area contributed by atoms with Gasteiger partial charge in [-0.25, -0.2) is 0 Å². The molecule has 1 atom stereocenters. The first-order chi connectivity index (χ1) is 17.2. The van der Waals surface area contributed by atoms with Gasteiger partial charge in [-0.3, -0.25) is 0 Å². The van der Waals surface area contributed by atoms with E-state index in [0.29, 0.717) is 6.04 Å². The summed E-state index contributed by atoms with van der Waals surface area (Å²) in [5, 5.41) is 3.60. The molecule has 3 rings (SSSR count). The van der Waals surface area contributed by atoms with Crippen molar-refractivity contribution in [2.24, 2.45) is 0 Å². The third-order valence-electron chi connectivity index (χ3n) is 7.27. The van der Waals surface area contributed by atoms with Crippen LogP contribution in [0.15, 0.2) is 36.4 Å². The van der Waals surface area contributed by atoms with Crippen LogP contribution in [0.2, 0.25) is 0 Å². The van der Waals surface area contributed by atoms with Crippen LogP contribution in [0.5, 0.6) is 17.2 Å². The third kappa shape index (κ3) is 7.88. The summed E-state index contributed by atoms with van der Waals surface area (Å²) < 4.78 is 16.6. The molecule has 0 spiro atoms. The van der Waals surface area contributed by atoms with Crippen molar-refractivity contribution in [3.8, 4) is 17.2 Å². The zero-order chi connectivity index (χ0) is 24.9. The number of nitrogens with one attached hydrogen (secondary N) is 1. The zero-order valence-electron chi connectivity index (χ0n) is 22.4. The summed E-state index contributed by atoms with van der Waals surface area (Å²) >= 11 is 0. The molecule has 0 amide bonds. The number of methoxy groups -OCH3 is 3. The molecule has 1 aliphatic rings. The van der Waals surface area contributed by atoms with Crippen LogP contribution in [0.1, 0.15) is 62.1 Å². The van der Waals surface area contributed by atoms with Crippen molar-refractivity contribution in [2.45, 2.75) is 70.8 Å². The molecule has 0 heterocycles. The van der Waals surface area contributed by atoms with Gasteiger partial charge in [0, 0.05) is 11.6 Å². The number of ether oxygens (including phenoxy) is 3. The summed E-state index contributed by atoms with van der Waals surface area (Å²) in [5.74, 6) is 2.78. The van der Waals surface area contributed by atoms with E-state index in [9.17, 15) is 0 Å². The van der Waals surface area contributed by atoms with Gasteiger partial charge in [0.1, 0.15) is 5.75 Å². The van der Waals surface area contributed by atoms with Crippen molar-refractivity contribution in [3.05, 3.63) is 53.1 Å². The summed E-state index contributed by atoms with van der Waals surface area (Å²) in [5.41, 5.74) is 4.05. The van der Waals surface area contributed by atoms with E-state index in [4.69, 9.17) is 14.2 Å². The Morgan fingerprint density at radius 2 is 1.66 bits per heavy atom. The highest BCUT2D eigenvalue weighted by molar-refractivity contribution is 5.52. The van der Waals surface area contributed by atoms with E-state index in [1.165, 1.54) is 68.3 Å². The van der Waals surface area contributed by atoms with Gasteiger partial charge in [-0.15, -0.1) is 0 Å². The fourth-order valence-corrected chi connectivity index (χ4v) is 5.42. The smallest absolute Gasteiger partial charge is 0.164 e.